The zero-order valence-corrected chi connectivity index (χ0v) is 9.13. The smallest absolute Gasteiger partial charge is 0.224 e. The van der Waals surface area contributed by atoms with Crippen LogP contribution >= 0.6 is 0 Å². The van der Waals surface area contributed by atoms with Crippen molar-refractivity contribution in [2.75, 3.05) is 11.1 Å². The third-order valence-corrected chi connectivity index (χ3v) is 3.02. The molecule has 3 N–H and O–H groups in total. The molecule has 15 heavy (non-hydrogen) atoms. The number of anilines is 2. The van der Waals surface area contributed by atoms with E-state index in [9.17, 15) is 4.79 Å². The van der Waals surface area contributed by atoms with Gasteiger partial charge < -0.3 is 11.1 Å². The number of rotatable bonds is 0. The second-order valence-corrected chi connectivity index (χ2v) is 4.74. The Bertz CT molecular complexity index is 410. The molecule has 0 saturated carbocycles. The second kappa shape index (κ2) is 3.26. The van der Waals surface area contributed by atoms with Crippen LogP contribution in [0.3, 0.4) is 0 Å². The first-order chi connectivity index (χ1) is 6.99. The van der Waals surface area contributed by atoms with E-state index < -0.39 is 0 Å². The molecule has 0 spiro atoms. The first-order valence-electron chi connectivity index (χ1n) is 5.19. The minimum atomic E-state index is 0.0300. The van der Waals surface area contributed by atoms with Gasteiger partial charge in [-0.1, -0.05) is 19.9 Å². The number of carbonyl (C=O) groups is 1. The molecule has 0 fully saturated rings. The van der Waals surface area contributed by atoms with Crippen LogP contribution in [0.25, 0.3) is 0 Å². The summed E-state index contributed by atoms with van der Waals surface area (Å²) in [4.78, 5) is 11.5. The molecular formula is C12H16N2O. The van der Waals surface area contributed by atoms with Gasteiger partial charge in [0.1, 0.15) is 0 Å². The Morgan fingerprint density at radius 1 is 1.40 bits per heavy atom. The zero-order chi connectivity index (χ0) is 11.1. The zero-order valence-electron chi connectivity index (χ0n) is 9.13. The molecule has 3 nitrogen and oxygen atoms in total. The Morgan fingerprint density at radius 2 is 2.13 bits per heavy atom. The van der Waals surface area contributed by atoms with E-state index in [0.717, 1.165) is 12.1 Å². The number of amides is 1. The van der Waals surface area contributed by atoms with Crippen molar-refractivity contribution in [1.82, 2.24) is 0 Å². The fourth-order valence-corrected chi connectivity index (χ4v) is 2.03. The fraction of sp³-hybridized carbons (Fsp3) is 0.417. The van der Waals surface area contributed by atoms with Crippen LogP contribution in [0, 0.1) is 0 Å². The molecule has 0 aliphatic carbocycles. The highest BCUT2D eigenvalue weighted by Crippen LogP contribution is 2.37. The highest BCUT2D eigenvalue weighted by atomic mass is 16.1. The minimum Gasteiger partial charge on any atom is -0.399 e. The number of hydrogen-bond donors (Lipinski definition) is 2. The molecule has 0 saturated heterocycles. The van der Waals surface area contributed by atoms with Crippen LogP contribution in [-0.4, -0.2) is 5.91 Å². The van der Waals surface area contributed by atoms with E-state index in [-0.39, 0.29) is 11.3 Å². The van der Waals surface area contributed by atoms with Gasteiger partial charge in [0.15, 0.2) is 0 Å². The summed E-state index contributed by atoms with van der Waals surface area (Å²) in [6.45, 7) is 4.31. The van der Waals surface area contributed by atoms with E-state index in [0.29, 0.717) is 12.1 Å². The molecule has 80 valence electrons. The molecule has 1 aliphatic rings. The summed E-state index contributed by atoms with van der Waals surface area (Å²) < 4.78 is 0. The van der Waals surface area contributed by atoms with Crippen LogP contribution in [0.15, 0.2) is 18.2 Å². The monoisotopic (exact) mass is 204 g/mol. The van der Waals surface area contributed by atoms with Gasteiger partial charge in [0.25, 0.3) is 0 Å². The molecule has 1 aromatic carbocycles. The van der Waals surface area contributed by atoms with Crippen LogP contribution in [-0.2, 0) is 10.2 Å². The summed E-state index contributed by atoms with van der Waals surface area (Å²) in [7, 11) is 0. The SMILES string of the molecule is CC1(C)CCC(=O)Nc2cc(N)ccc21. The molecule has 0 bridgehead atoms. The van der Waals surface area contributed by atoms with Crippen molar-refractivity contribution in [2.24, 2.45) is 0 Å². The van der Waals surface area contributed by atoms with Crippen molar-refractivity contribution in [2.45, 2.75) is 32.1 Å². The molecule has 1 heterocycles. The summed E-state index contributed by atoms with van der Waals surface area (Å²) >= 11 is 0. The van der Waals surface area contributed by atoms with Crippen LogP contribution in [0.5, 0.6) is 0 Å². The first kappa shape index (κ1) is 10.0. The van der Waals surface area contributed by atoms with E-state index >= 15 is 0 Å². The Morgan fingerprint density at radius 3 is 2.87 bits per heavy atom. The normalized spacial score (nSPS) is 18.9. The highest BCUT2D eigenvalue weighted by Gasteiger charge is 2.28. The lowest BCUT2D eigenvalue weighted by Gasteiger charge is -2.24. The maximum atomic E-state index is 11.5. The molecular weight excluding hydrogens is 188 g/mol. The summed E-state index contributed by atoms with van der Waals surface area (Å²) in [6, 6.07) is 5.73. The molecule has 0 radical (unpaired) electrons. The van der Waals surface area contributed by atoms with Gasteiger partial charge in [-0.2, -0.15) is 0 Å². The number of nitrogen functional groups attached to an aromatic ring is 1. The van der Waals surface area contributed by atoms with Crippen molar-refractivity contribution < 1.29 is 4.79 Å². The maximum absolute atomic E-state index is 11.5. The molecule has 1 aliphatic heterocycles. The van der Waals surface area contributed by atoms with Crippen molar-refractivity contribution in [3.63, 3.8) is 0 Å². The van der Waals surface area contributed by atoms with Crippen molar-refractivity contribution in [3.8, 4) is 0 Å². The lowest BCUT2D eigenvalue weighted by atomic mass is 9.80. The Hall–Kier alpha value is -1.51. The van der Waals surface area contributed by atoms with Gasteiger partial charge in [0.05, 0.1) is 0 Å². The molecule has 3 heteroatoms. The van der Waals surface area contributed by atoms with E-state index in [1.165, 1.54) is 5.56 Å². The predicted octanol–water partition coefficient (Wildman–Crippen LogP) is 2.28. The van der Waals surface area contributed by atoms with E-state index in [2.05, 4.69) is 19.2 Å². The number of nitrogens with one attached hydrogen (secondary N) is 1. The van der Waals surface area contributed by atoms with Crippen molar-refractivity contribution in [3.05, 3.63) is 23.8 Å². The van der Waals surface area contributed by atoms with Crippen molar-refractivity contribution in [1.29, 1.82) is 0 Å². The Kier molecular flexibility index (Phi) is 2.18. The minimum absolute atomic E-state index is 0.0300. The molecule has 1 amide bonds. The highest BCUT2D eigenvalue weighted by molar-refractivity contribution is 5.93. The van der Waals surface area contributed by atoms with Gasteiger partial charge in [-0.25, -0.2) is 0 Å². The number of nitrogens with two attached hydrogens (primary N) is 1. The Labute approximate surface area is 89.7 Å². The maximum Gasteiger partial charge on any atom is 0.224 e. The van der Waals surface area contributed by atoms with Gasteiger partial charge in [0, 0.05) is 17.8 Å². The first-order valence-corrected chi connectivity index (χ1v) is 5.19. The standard InChI is InChI=1S/C12H16N2O/c1-12(2)6-5-11(15)14-10-7-8(13)3-4-9(10)12/h3-4,7H,5-6,13H2,1-2H3,(H,14,15). The molecule has 0 unspecified atom stereocenters. The van der Waals surface area contributed by atoms with Crippen LogP contribution in [0.1, 0.15) is 32.3 Å². The summed E-state index contributed by atoms with van der Waals surface area (Å²) in [6.07, 6.45) is 1.44. The van der Waals surface area contributed by atoms with E-state index in [1.54, 1.807) is 0 Å². The number of hydrogen-bond acceptors (Lipinski definition) is 2. The van der Waals surface area contributed by atoms with Gasteiger partial charge in [-0.15, -0.1) is 0 Å². The van der Waals surface area contributed by atoms with Gasteiger partial charge in [0.2, 0.25) is 5.91 Å². The predicted molar refractivity (Wildman–Crippen MR) is 61.7 cm³/mol. The quantitative estimate of drug-likeness (QED) is 0.637. The summed E-state index contributed by atoms with van der Waals surface area (Å²) in [5.41, 5.74) is 8.46. The summed E-state index contributed by atoms with van der Waals surface area (Å²) in [5, 5.41) is 2.90. The van der Waals surface area contributed by atoms with Gasteiger partial charge >= 0.3 is 0 Å². The van der Waals surface area contributed by atoms with E-state index in [1.807, 2.05) is 18.2 Å². The van der Waals surface area contributed by atoms with Crippen molar-refractivity contribution >= 4 is 17.3 Å². The van der Waals surface area contributed by atoms with Crippen LogP contribution < -0.4 is 11.1 Å². The average Bonchev–Trinajstić information content (AvgIpc) is 2.24. The number of carbonyl (C=O) groups excluding carboxylic acids is 1. The van der Waals surface area contributed by atoms with E-state index in [4.69, 9.17) is 5.73 Å². The molecule has 2 rings (SSSR count). The second-order valence-electron chi connectivity index (χ2n) is 4.74. The topological polar surface area (TPSA) is 55.1 Å². The number of fused-ring (bicyclic) bond motifs is 1. The van der Waals surface area contributed by atoms with Crippen LogP contribution in [0.2, 0.25) is 0 Å². The van der Waals surface area contributed by atoms with Gasteiger partial charge in [-0.05, 0) is 29.5 Å². The van der Waals surface area contributed by atoms with Gasteiger partial charge in [-0.3, -0.25) is 4.79 Å². The molecule has 0 aromatic heterocycles. The van der Waals surface area contributed by atoms with Crippen LogP contribution in [0.4, 0.5) is 11.4 Å². The largest absolute Gasteiger partial charge is 0.399 e. The lowest BCUT2D eigenvalue weighted by molar-refractivity contribution is -0.116. The lowest BCUT2D eigenvalue weighted by Crippen LogP contribution is -2.16. The number of benzene rings is 1. The third kappa shape index (κ3) is 1.82. The molecule has 0 atom stereocenters. The summed E-state index contributed by atoms with van der Waals surface area (Å²) in [5.74, 6) is 0.0763. The average molecular weight is 204 g/mol. The Balaban J connectivity index is 2.55. The molecule has 1 aromatic rings. The fourth-order valence-electron chi connectivity index (χ4n) is 2.03. The third-order valence-electron chi connectivity index (χ3n) is 3.02.